The standard InChI is InChI=1S/C11H10N2O3/c12-6-9-3-1-8(2-4-9)5-10(11(15)16)13-7-14/h1-4,7,10H,5H2,(H,13,14)(H,15,16)/t10-/m0/s1. The normalized spacial score (nSPS) is 11.2. The Hall–Kier alpha value is -2.35. The van der Waals surface area contributed by atoms with Crippen molar-refractivity contribution in [1.82, 2.24) is 5.32 Å². The third-order valence-electron chi connectivity index (χ3n) is 2.09. The van der Waals surface area contributed by atoms with Crippen LogP contribution in [0.1, 0.15) is 11.1 Å². The molecule has 5 nitrogen and oxygen atoms in total. The van der Waals surface area contributed by atoms with E-state index in [9.17, 15) is 9.59 Å². The van der Waals surface area contributed by atoms with E-state index in [1.54, 1.807) is 24.3 Å². The molecule has 5 heteroatoms. The van der Waals surface area contributed by atoms with Gasteiger partial charge in [-0.05, 0) is 17.7 Å². The van der Waals surface area contributed by atoms with E-state index in [2.05, 4.69) is 5.32 Å². The lowest BCUT2D eigenvalue weighted by Gasteiger charge is -2.10. The molecule has 0 aliphatic rings. The van der Waals surface area contributed by atoms with Gasteiger partial charge in [-0.1, -0.05) is 12.1 Å². The van der Waals surface area contributed by atoms with E-state index in [0.717, 1.165) is 5.56 Å². The smallest absolute Gasteiger partial charge is 0.326 e. The highest BCUT2D eigenvalue weighted by atomic mass is 16.4. The fourth-order valence-corrected chi connectivity index (χ4v) is 1.25. The Balaban J connectivity index is 2.74. The molecule has 1 aromatic carbocycles. The predicted octanol–water partition coefficient (Wildman–Crippen LogP) is 0.300. The van der Waals surface area contributed by atoms with E-state index in [4.69, 9.17) is 10.4 Å². The monoisotopic (exact) mass is 218 g/mol. The third kappa shape index (κ3) is 3.10. The minimum atomic E-state index is -1.09. The summed E-state index contributed by atoms with van der Waals surface area (Å²) in [5.74, 6) is -1.09. The number of aliphatic carboxylic acids is 1. The zero-order valence-corrected chi connectivity index (χ0v) is 8.38. The van der Waals surface area contributed by atoms with Crippen LogP contribution in [0, 0.1) is 11.3 Å². The lowest BCUT2D eigenvalue weighted by atomic mass is 10.0. The van der Waals surface area contributed by atoms with Gasteiger partial charge in [-0.3, -0.25) is 4.79 Å². The van der Waals surface area contributed by atoms with Gasteiger partial charge in [-0.2, -0.15) is 5.26 Å². The fraction of sp³-hybridized carbons (Fsp3) is 0.182. The SMILES string of the molecule is N#Cc1ccc(C[C@H](NC=O)C(=O)O)cc1. The molecule has 0 saturated heterocycles. The number of nitriles is 1. The average Bonchev–Trinajstić information content (AvgIpc) is 2.29. The van der Waals surface area contributed by atoms with Gasteiger partial charge in [-0.15, -0.1) is 0 Å². The molecule has 0 aromatic heterocycles. The number of amides is 1. The summed E-state index contributed by atoms with van der Waals surface area (Å²) in [6.45, 7) is 0. The number of benzene rings is 1. The molecule has 0 bridgehead atoms. The van der Waals surface area contributed by atoms with E-state index in [1.165, 1.54) is 0 Å². The molecule has 0 fully saturated rings. The number of hydrogen-bond acceptors (Lipinski definition) is 3. The van der Waals surface area contributed by atoms with Crippen LogP contribution in [0.3, 0.4) is 0 Å². The molecule has 1 rings (SSSR count). The number of carboxylic acids is 1. The minimum absolute atomic E-state index is 0.194. The Morgan fingerprint density at radius 3 is 2.56 bits per heavy atom. The van der Waals surface area contributed by atoms with Crippen LogP contribution in [0.2, 0.25) is 0 Å². The molecular formula is C11H10N2O3. The van der Waals surface area contributed by atoms with Gasteiger partial charge in [0, 0.05) is 6.42 Å². The number of hydrogen-bond donors (Lipinski definition) is 2. The quantitative estimate of drug-likeness (QED) is 0.695. The molecule has 0 aliphatic carbocycles. The van der Waals surface area contributed by atoms with Gasteiger partial charge in [0.1, 0.15) is 6.04 Å². The van der Waals surface area contributed by atoms with Crippen LogP contribution >= 0.6 is 0 Å². The zero-order valence-electron chi connectivity index (χ0n) is 8.38. The summed E-state index contributed by atoms with van der Waals surface area (Å²) < 4.78 is 0. The van der Waals surface area contributed by atoms with Crippen molar-refractivity contribution in [2.24, 2.45) is 0 Å². The molecule has 16 heavy (non-hydrogen) atoms. The lowest BCUT2D eigenvalue weighted by Crippen LogP contribution is -2.37. The lowest BCUT2D eigenvalue weighted by molar-refractivity contribution is -0.140. The average molecular weight is 218 g/mol. The summed E-state index contributed by atoms with van der Waals surface area (Å²) in [4.78, 5) is 20.9. The number of rotatable bonds is 5. The van der Waals surface area contributed by atoms with E-state index >= 15 is 0 Å². The fourth-order valence-electron chi connectivity index (χ4n) is 1.25. The summed E-state index contributed by atoms with van der Waals surface area (Å²) in [6, 6.07) is 7.58. The Bertz CT molecular complexity index is 420. The van der Waals surface area contributed by atoms with Crippen LogP contribution in [-0.2, 0) is 16.0 Å². The van der Waals surface area contributed by atoms with E-state index in [0.29, 0.717) is 12.0 Å². The Morgan fingerprint density at radius 1 is 1.50 bits per heavy atom. The van der Waals surface area contributed by atoms with Crippen LogP contribution in [-0.4, -0.2) is 23.5 Å². The van der Waals surface area contributed by atoms with Gasteiger partial charge in [-0.25, -0.2) is 4.79 Å². The van der Waals surface area contributed by atoms with Crippen LogP contribution < -0.4 is 5.32 Å². The highest BCUT2D eigenvalue weighted by Crippen LogP contribution is 2.06. The molecule has 0 unspecified atom stereocenters. The van der Waals surface area contributed by atoms with Gasteiger partial charge in [0.15, 0.2) is 0 Å². The van der Waals surface area contributed by atoms with Crippen LogP contribution in [0.5, 0.6) is 0 Å². The van der Waals surface area contributed by atoms with Crippen molar-refractivity contribution in [1.29, 1.82) is 5.26 Å². The molecule has 0 aliphatic heterocycles. The van der Waals surface area contributed by atoms with Gasteiger partial charge in [0.05, 0.1) is 11.6 Å². The molecular weight excluding hydrogens is 208 g/mol. The van der Waals surface area contributed by atoms with Crippen molar-refractivity contribution in [3.8, 4) is 6.07 Å². The first-order chi connectivity index (χ1) is 7.67. The molecule has 1 amide bonds. The summed E-state index contributed by atoms with van der Waals surface area (Å²) in [5, 5.41) is 19.6. The second-order valence-corrected chi connectivity index (χ2v) is 3.19. The zero-order chi connectivity index (χ0) is 12.0. The summed E-state index contributed by atoms with van der Waals surface area (Å²) in [6.07, 6.45) is 0.558. The third-order valence-corrected chi connectivity index (χ3v) is 2.09. The maximum atomic E-state index is 10.7. The first kappa shape index (κ1) is 11.7. The first-order valence-electron chi connectivity index (χ1n) is 4.59. The van der Waals surface area contributed by atoms with Crippen molar-refractivity contribution in [2.75, 3.05) is 0 Å². The van der Waals surface area contributed by atoms with E-state index in [1.807, 2.05) is 6.07 Å². The van der Waals surface area contributed by atoms with Crippen molar-refractivity contribution < 1.29 is 14.7 Å². The summed E-state index contributed by atoms with van der Waals surface area (Å²) >= 11 is 0. The maximum absolute atomic E-state index is 10.7. The minimum Gasteiger partial charge on any atom is -0.480 e. The van der Waals surface area contributed by atoms with Gasteiger partial charge in [0.2, 0.25) is 6.41 Å². The van der Waals surface area contributed by atoms with E-state index in [-0.39, 0.29) is 6.42 Å². The summed E-state index contributed by atoms with van der Waals surface area (Å²) in [7, 11) is 0. The van der Waals surface area contributed by atoms with Gasteiger partial charge in [0.25, 0.3) is 0 Å². The number of carboxylic acid groups (broad SMARTS) is 1. The van der Waals surface area contributed by atoms with Crippen molar-refractivity contribution in [3.05, 3.63) is 35.4 Å². The van der Waals surface area contributed by atoms with E-state index < -0.39 is 12.0 Å². The second-order valence-electron chi connectivity index (χ2n) is 3.19. The van der Waals surface area contributed by atoms with Crippen LogP contribution in [0.15, 0.2) is 24.3 Å². The Kier molecular flexibility index (Phi) is 4.04. The number of carbonyl (C=O) groups is 2. The predicted molar refractivity (Wildman–Crippen MR) is 55.5 cm³/mol. The number of nitrogens with zero attached hydrogens (tertiary/aromatic N) is 1. The second kappa shape index (κ2) is 5.51. The highest BCUT2D eigenvalue weighted by Gasteiger charge is 2.16. The molecule has 0 saturated carbocycles. The number of nitrogens with one attached hydrogen (secondary N) is 1. The topological polar surface area (TPSA) is 90.2 Å². The molecule has 82 valence electrons. The molecule has 1 atom stereocenters. The van der Waals surface area contributed by atoms with Crippen molar-refractivity contribution >= 4 is 12.4 Å². The van der Waals surface area contributed by atoms with Gasteiger partial charge >= 0.3 is 5.97 Å². The van der Waals surface area contributed by atoms with Crippen LogP contribution in [0.25, 0.3) is 0 Å². The highest BCUT2D eigenvalue weighted by molar-refractivity contribution is 5.76. The molecule has 0 heterocycles. The van der Waals surface area contributed by atoms with Crippen molar-refractivity contribution in [2.45, 2.75) is 12.5 Å². The maximum Gasteiger partial charge on any atom is 0.326 e. The van der Waals surface area contributed by atoms with Crippen LogP contribution in [0.4, 0.5) is 0 Å². The molecule has 1 aromatic rings. The molecule has 0 radical (unpaired) electrons. The molecule has 0 spiro atoms. The van der Waals surface area contributed by atoms with Gasteiger partial charge < -0.3 is 10.4 Å². The Labute approximate surface area is 92.3 Å². The summed E-state index contributed by atoms with van der Waals surface area (Å²) in [5.41, 5.74) is 1.26. The first-order valence-corrected chi connectivity index (χ1v) is 4.59. The molecule has 2 N–H and O–H groups in total. The largest absolute Gasteiger partial charge is 0.480 e. The number of carbonyl (C=O) groups excluding carboxylic acids is 1. The Morgan fingerprint density at radius 2 is 2.12 bits per heavy atom. The van der Waals surface area contributed by atoms with Crippen molar-refractivity contribution in [3.63, 3.8) is 0 Å².